The highest BCUT2D eigenvalue weighted by Crippen LogP contribution is 2.34. The lowest BCUT2D eigenvalue weighted by atomic mass is 9.92. The summed E-state index contributed by atoms with van der Waals surface area (Å²) in [5.41, 5.74) is 0. The van der Waals surface area contributed by atoms with Gasteiger partial charge in [-0.1, -0.05) is 0 Å². The number of rotatable bonds is 2. The lowest BCUT2D eigenvalue weighted by Crippen LogP contribution is -2.54. The molecule has 0 amide bonds. The standard InChI is InChI=1S/C10H17NO4.ClH/c1-2-13-9(12)8-7-11-4-3-10(8)14-5-6-15-10;/h8,11H,2-7H2,1H3;1H. The third-order valence-corrected chi connectivity index (χ3v) is 2.88. The van der Waals surface area contributed by atoms with Crippen molar-refractivity contribution in [1.82, 2.24) is 5.32 Å². The number of carbonyl (C=O) groups is 1. The van der Waals surface area contributed by atoms with Crippen LogP contribution in [0, 0.1) is 5.92 Å². The summed E-state index contributed by atoms with van der Waals surface area (Å²) in [5.74, 6) is -1.29. The summed E-state index contributed by atoms with van der Waals surface area (Å²) in [6.07, 6.45) is 0.705. The molecule has 1 atom stereocenters. The van der Waals surface area contributed by atoms with Gasteiger partial charge >= 0.3 is 5.97 Å². The maximum atomic E-state index is 11.7. The summed E-state index contributed by atoms with van der Waals surface area (Å²) < 4.78 is 16.2. The fourth-order valence-electron chi connectivity index (χ4n) is 2.16. The van der Waals surface area contributed by atoms with Gasteiger partial charge in [0.15, 0.2) is 5.79 Å². The van der Waals surface area contributed by atoms with Crippen molar-refractivity contribution < 1.29 is 19.0 Å². The van der Waals surface area contributed by atoms with E-state index in [4.69, 9.17) is 14.2 Å². The van der Waals surface area contributed by atoms with E-state index in [-0.39, 0.29) is 24.3 Å². The monoisotopic (exact) mass is 251 g/mol. The van der Waals surface area contributed by atoms with Crippen LogP contribution in [0.4, 0.5) is 0 Å². The zero-order chi connectivity index (χ0) is 10.7. The van der Waals surface area contributed by atoms with Gasteiger partial charge in [0.2, 0.25) is 0 Å². The summed E-state index contributed by atoms with van der Waals surface area (Å²) in [6.45, 7) is 4.71. The summed E-state index contributed by atoms with van der Waals surface area (Å²) in [7, 11) is 0. The molecule has 1 N–H and O–H groups in total. The van der Waals surface area contributed by atoms with Crippen LogP contribution < -0.4 is 5.32 Å². The van der Waals surface area contributed by atoms with Gasteiger partial charge in [-0.3, -0.25) is 4.79 Å². The molecule has 1 unspecified atom stereocenters. The van der Waals surface area contributed by atoms with E-state index in [1.165, 1.54) is 0 Å². The topological polar surface area (TPSA) is 56.8 Å². The second kappa shape index (κ2) is 5.82. The molecule has 0 radical (unpaired) electrons. The minimum Gasteiger partial charge on any atom is -0.466 e. The highest BCUT2D eigenvalue weighted by atomic mass is 35.5. The van der Waals surface area contributed by atoms with E-state index in [9.17, 15) is 4.79 Å². The first-order chi connectivity index (χ1) is 7.28. The molecule has 2 aliphatic rings. The average Bonchev–Trinajstić information content (AvgIpc) is 2.68. The molecular formula is C10H18ClNO4. The molecule has 0 saturated carbocycles. The van der Waals surface area contributed by atoms with Gasteiger partial charge in [-0.15, -0.1) is 12.4 Å². The maximum Gasteiger partial charge on any atom is 0.315 e. The Labute approximate surface area is 101 Å². The Morgan fingerprint density at radius 1 is 1.50 bits per heavy atom. The molecule has 2 aliphatic heterocycles. The molecule has 6 heteroatoms. The number of esters is 1. The molecule has 2 heterocycles. The molecule has 0 aliphatic carbocycles. The number of nitrogens with one attached hydrogen (secondary N) is 1. The molecule has 5 nitrogen and oxygen atoms in total. The third-order valence-electron chi connectivity index (χ3n) is 2.88. The van der Waals surface area contributed by atoms with Gasteiger partial charge in [0.05, 0.1) is 19.8 Å². The van der Waals surface area contributed by atoms with Crippen LogP contribution in [-0.2, 0) is 19.0 Å². The van der Waals surface area contributed by atoms with Crippen molar-refractivity contribution in [3.8, 4) is 0 Å². The minimum absolute atomic E-state index is 0. The smallest absolute Gasteiger partial charge is 0.315 e. The Balaban J connectivity index is 0.00000128. The van der Waals surface area contributed by atoms with Crippen LogP contribution in [0.1, 0.15) is 13.3 Å². The first-order valence-electron chi connectivity index (χ1n) is 5.44. The second-order valence-electron chi connectivity index (χ2n) is 3.77. The normalized spacial score (nSPS) is 27.4. The lowest BCUT2D eigenvalue weighted by Gasteiger charge is -2.37. The average molecular weight is 252 g/mol. The molecule has 2 fully saturated rings. The van der Waals surface area contributed by atoms with E-state index in [0.29, 0.717) is 32.8 Å². The van der Waals surface area contributed by atoms with Crippen molar-refractivity contribution in [3.05, 3.63) is 0 Å². The number of hydrogen-bond acceptors (Lipinski definition) is 5. The van der Waals surface area contributed by atoms with Gasteiger partial charge in [0.25, 0.3) is 0 Å². The zero-order valence-corrected chi connectivity index (χ0v) is 10.2. The van der Waals surface area contributed by atoms with E-state index >= 15 is 0 Å². The number of ether oxygens (including phenoxy) is 3. The van der Waals surface area contributed by atoms with E-state index in [1.807, 2.05) is 0 Å². The molecular weight excluding hydrogens is 234 g/mol. The fraction of sp³-hybridized carbons (Fsp3) is 0.900. The van der Waals surface area contributed by atoms with Crippen LogP contribution >= 0.6 is 12.4 Å². The highest BCUT2D eigenvalue weighted by Gasteiger charge is 2.50. The molecule has 94 valence electrons. The van der Waals surface area contributed by atoms with Crippen molar-refractivity contribution in [3.63, 3.8) is 0 Å². The SMILES string of the molecule is CCOC(=O)C1CNCCC12OCCO2.Cl. The van der Waals surface area contributed by atoms with Crippen molar-refractivity contribution in [2.45, 2.75) is 19.1 Å². The Hall–Kier alpha value is -0.360. The van der Waals surface area contributed by atoms with E-state index in [1.54, 1.807) is 6.92 Å². The Morgan fingerprint density at radius 3 is 2.81 bits per heavy atom. The molecule has 0 aromatic carbocycles. The van der Waals surface area contributed by atoms with E-state index in [0.717, 1.165) is 6.54 Å². The Bertz CT molecular complexity index is 243. The van der Waals surface area contributed by atoms with Crippen molar-refractivity contribution in [2.75, 3.05) is 32.9 Å². The van der Waals surface area contributed by atoms with E-state index in [2.05, 4.69) is 5.32 Å². The van der Waals surface area contributed by atoms with Crippen LogP contribution in [0.2, 0.25) is 0 Å². The number of halogens is 1. The van der Waals surface area contributed by atoms with Crippen molar-refractivity contribution >= 4 is 18.4 Å². The zero-order valence-electron chi connectivity index (χ0n) is 9.36. The van der Waals surface area contributed by atoms with Crippen LogP contribution in [0.5, 0.6) is 0 Å². The minimum atomic E-state index is -0.725. The van der Waals surface area contributed by atoms with Crippen LogP contribution in [-0.4, -0.2) is 44.7 Å². The first kappa shape index (κ1) is 13.7. The molecule has 0 aromatic rings. The van der Waals surface area contributed by atoms with Crippen LogP contribution in [0.15, 0.2) is 0 Å². The summed E-state index contributed by atoms with van der Waals surface area (Å²) in [4.78, 5) is 11.7. The quantitative estimate of drug-likeness (QED) is 0.717. The molecule has 0 aromatic heterocycles. The van der Waals surface area contributed by atoms with Gasteiger partial charge in [-0.2, -0.15) is 0 Å². The van der Waals surface area contributed by atoms with Gasteiger partial charge < -0.3 is 19.5 Å². The highest BCUT2D eigenvalue weighted by molar-refractivity contribution is 5.85. The van der Waals surface area contributed by atoms with Gasteiger partial charge in [-0.25, -0.2) is 0 Å². The van der Waals surface area contributed by atoms with Crippen molar-refractivity contribution in [1.29, 1.82) is 0 Å². The number of piperidine rings is 1. The Morgan fingerprint density at radius 2 is 2.19 bits per heavy atom. The molecule has 0 bridgehead atoms. The van der Waals surface area contributed by atoms with Crippen molar-refractivity contribution in [2.24, 2.45) is 5.92 Å². The Kier molecular flexibility index (Phi) is 4.98. The lowest BCUT2D eigenvalue weighted by molar-refractivity contribution is -0.217. The first-order valence-corrected chi connectivity index (χ1v) is 5.44. The molecule has 2 saturated heterocycles. The van der Waals surface area contributed by atoms with Gasteiger partial charge in [-0.05, 0) is 6.92 Å². The van der Waals surface area contributed by atoms with Gasteiger partial charge in [0.1, 0.15) is 5.92 Å². The molecule has 1 spiro atoms. The van der Waals surface area contributed by atoms with Gasteiger partial charge in [0, 0.05) is 19.5 Å². The summed E-state index contributed by atoms with van der Waals surface area (Å²) in [5, 5.41) is 3.16. The van der Waals surface area contributed by atoms with E-state index < -0.39 is 5.79 Å². The van der Waals surface area contributed by atoms with Crippen LogP contribution in [0.3, 0.4) is 0 Å². The summed E-state index contributed by atoms with van der Waals surface area (Å²) >= 11 is 0. The predicted molar refractivity (Wildman–Crippen MR) is 59.5 cm³/mol. The molecule has 16 heavy (non-hydrogen) atoms. The molecule has 2 rings (SSSR count). The third kappa shape index (κ3) is 2.48. The predicted octanol–water partition coefficient (Wildman–Crippen LogP) is 0.324. The largest absolute Gasteiger partial charge is 0.466 e. The second-order valence-corrected chi connectivity index (χ2v) is 3.77. The number of hydrogen-bond donors (Lipinski definition) is 1. The maximum absolute atomic E-state index is 11.7. The summed E-state index contributed by atoms with van der Waals surface area (Å²) in [6, 6.07) is 0. The fourth-order valence-corrected chi connectivity index (χ4v) is 2.16. The van der Waals surface area contributed by atoms with Crippen LogP contribution in [0.25, 0.3) is 0 Å². The number of carbonyl (C=O) groups excluding carboxylic acids is 1.